The largest absolute Gasteiger partial charge is 0.511 e. The summed E-state index contributed by atoms with van der Waals surface area (Å²) in [5.41, 5.74) is -4.48. The zero-order chi connectivity index (χ0) is 18.0. The van der Waals surface area contributed by atoms with Gasteiger partial charge in [-0.2, -0.15) is 13.2 Å². The van der Waals surface area contributed by atoms with E-state index in [1.165, 1.54) is 0 Å². The van der Waals surface area contributed by atoms with Crippen molar-refractivity contribution in [3.8, 4) is 0 Å². The van der Waals surface area contributed by atoms with Crippen LogP contribution in [0.3, 0.4) is 0 Å². The third-order valence-corrected chi connectivity index (χ3v) is 5.95. The summed E-state index contributed by atoms with van der Waals surface area (Å²) in [4.78, 5) is 0. The van der Waals surface area contributed by atoms with Gasteiger partial charge in [-0.3, -0.25) is 0 Å². The average Bonchev–Trinajstić information content (AvgIpc) is 2.72. The summed E-state index contributed by atoms with van der Waals surface area (Å²) < 4.78 is 61.6. The number of hydrogen-bond donors (Lipinski definition) is 2. The number of nitrogens with one attached hydrogen (secondary N) is 2. The molecular weight excluding hydrogens is 424 g/mol. The fourth-order valence-corrected chi connectivity index (χ4v) is 3.71. The molecule has 1 aliphatic heterocycles. The fraction of sp³-hybridized carbons (Fsp3) is 0.571. The third kappa shape index (κ3) is 5.87. The van der Waals surface area contributed by atoms with Crippen molar-refractivity contribution >= 4 is 45.6 Å². The summed E-state index contributed by atoms with van der Waals surface area (Å²) in [6.45, 7) is 0.825. The summed E-state index contributed by atoms with van der Waals surface area (Å²) in [7, 11) is -5.35. The van der Waals surface area contributed by atoms with E-state index >= 15 is 0 Å². The highest BCUT2D eigenvalue weighted by Crippen LogP contribution is 2.34. The van der Waals surface area contributed by atoms with Crippen LogP contribution in [0.15, 0.2) is 18.2 Å². The van der Waals surface area contributed by atoms with E-state index in [-0.39, 0.29) is 30.8 Å². The Bertz CT molecular complexity index is 686. The van der Waals surface area contributed by atoms with Gasteiger partial charge in [0.1, 0.15) is 0 Å². The zero-order valence-corrected chi connectivity index (χ0v) is 16.1. The molecule has 0 bridgehead atoms. The highest BCUT2D eigenvalue weighted by atomic mass is 35.5. The van der Waals surface area contributed by atoms with E-state index in [0.717, 1.165) is 18.5 Å². The standard InChI is InChI=1S/C14H17Cl2F3N2O2S.ClH/c15-12-4-3-9(6-13(12)16)11-2-1-5-20-7-10(11)8-21-24(22,23)14(17,18)19;/h3-4,6,10-11,20-21H,1-2,5,7-8H2;1H. The smallest absolute Gasteiger partial charge is 0.316 e. The highest BCUT2D eigenvalue weighted by molar-refractivity contribution is 7.90. The van der Waals surface area contributed by atoms with Crippen LogP contribution in [0.25, 0.3) is 0 Å². The maximum absolute atomic E-state index is 12.5. The van der Waals surface area contributed by atoms with Crippen LogP contribution < -0.4 is 10.0 Å². The monoisotopic (exact) mass is 440 g/mol. The van der Waals surface area contributed by atoms with Gasteiger partial charge < -0.3 is 5.32 Å². The molecule has 2 unspecified atom stereocenters. The van der Waals surface area contributed by atoms with Gasteiger partial charge >= 0.3 is 15.5 Å². The SMILES string of the molecule is Cl.O=S(=O)(NCC1CNCCCC1c1ccc(Cl)c(Cl)c1)C(F)(F)F. The van der Waals surface area contributed by atoms with Crippen molar-refractivity contribution < 1.29 is 21.6 Å². The molecule has 2 atom stereocenters. The van der Waals surface area contributed by atoms with Gasteiger partial charge in [0.2, 0.25) is 0 Å². The fourth-order valence-electron chi connectivity index (χ4n) is 2.81. The number of halogens is 6. The van der Waals surface area contributed by atoms with E-state index < -0.39 is 15.5 Å². The van der Waals surface area contributed by atoms with Crippen LogP contribution in [0, 0.1) is 5.92 Å². The first kappa shape index (κ1) is 22.8. The van der Waals surface area contributed by atoms with E-state index in [2.05, 4.69) is 5.32 Å². The van der Waals surface area contributed by atoms with E-state index in [1.54, 1.807) is 22.9 Å². The van der Waals surface area contributed by atoms with Crippen molar-refractivity contribution in [2.24, 2.45) is 5.92 Å². The lowest BCUT2D eigenvalue weighted by molar-refractivity contribution is -0.0448. The second kappa shape index (κ2) is 9.10. The molecule has 11 heteroatoms. The van der Waals surface area contributed by atoms with E-state index in [1.807, 2.05) is 0 Å². The molecular formula is C14H18Cl3F3N2O2S. The summed E-state index contributed by atoms with van der Waals surface area (Å²) in [6.07, 6.45) is 1.54. The Kier molecular flexibility index (Phi) is 8.30. The Balaban J connectivity index is 0.00000312. The molecule has 0 aliphatic carbocycles. The molecule has 2 N–H and O–H groups in total. The van der Waals surface area contributed by atoms with Crippen LogP contribution in [-0.4, -0.2) is 33.6 Å². The molecule has 4 nitrogen and oxygen atoms in total. The van der Waals surface area contributed by atoms with Crippen molar-refractivity contribution in [1.29, 1.82) is 0 Å². The third-order valence-electron chi connectivity index (χ3n) is 4.06. The average molecular weight is 442 g/mol. The lowest BCUT2D eigenvalue weighted by Gasteiger charge is -2.26. The first-order valence-electron chi connectivity index (χ1n) is 7.33. The zero-order valence-electron chi connectivity index (χ0n) is 12.9. The summed E-state index contributed by atoms with van der Waals surface area (Å²) in [6, 6.07) is 5.09. The van der Waals surface area contributed by atoms with E-state index in [4.69, 9.17) is 23.2 Å². The Morgan fingerprint density at radius 2 is 1.92 bits per heavy atom. The lowest BCUT2D eigenvalue weighted by Crippen LogP contribution is -2.41. The van der Waals surface area contributed by atoms with Crippen molar-refractivity contribution in [2.75, 3.05) is 19.6 Å². The maximum atomic E-state index is 12.5. The molecule has 0 spiro atoms. The minimum Gasteiger partial charge on any atom is -0.316 e. The molecule has 0 amide bonds. The Morgan fingerprint density at radius 3 is 2.52 bits per heavy atom. The number of alkyl halides is 3. The normalized spacial score (nSPS) is 22.1. The minimum atomic E-state index is -5.35. The van der Waals surface area contributed by atoms with Gasteiger partial charge in [-0.05, 0) is 55.5 Å². The van der Waals surface area contributed by atoms with Gasteiger partial charge in [-0.25, -0.2) is 13.1 Å². The van der Waals surface area contributed by atoms with Crippen LogP contribution in [0.4, 0.5) is 13.2 Å². The predicted octanol–water partition coefficient (Wildman–Crippen LogP) is 3.94. The molecule has 1 heterocycles. The molecule has 1 saturated heterocycles. The second-order valence-electron chi connectivity index (χ2n) is 5.68. The Morgan fingerprint density at radius 1 is 1.24 bits per heavy atom. The molecule has 1 fully saturated rings. The minimum absolute atomic E-state index is 0. The highest BCUT2D eigenvalue weighted by Gasteiger charge is 2.46. The van der Waals surface area contributed by atoms with Gasteiger partial charge in [-0.1, -0.05) is 29.3 Å². The molecule has 25 heavy (non-hydrogen) atoms. The predicted molar refractivity (Wildman–Crippen MR) is 95.0 cm³/mol. The van der Waals surface area contributed by atoms with E-state index in [9.17, 15) is 21.6 Å². The molecule has 144 valence electrons. The van der Waals surface area contributed by atoms with E-state index in [0.29, 0.717) is 23.0 Å². The van der Waals surface area contributed by atoms with Crippen molar-refractivity contribution in [3.63, 3.8) is 0 Å². The van der Waals surface area contributed by atoms with Crippen LogP contribution in [0.1, 0.15) is 24.3 Å². The molecule has 1 aromatic rings. The lowest BCUT2D eigenvalue weighted by atomic mass is 9.83. The summed E-state index contributed by atoms with van der Waals surface area (Å²) in [5, 5.41) is 3.88. The van der Waals surface area contributed by atoms with Crippen LogP contribution in [-0.2, 0) is 10.0 Å². The quantitative estimate of drug-likeness (QED) is 0.744. The van der Waals surface area contributed by atoms with Crippen molar-refractivity contribution in [3.05, 3.63) is 33.8 Å². The van der Waals surface area contributed by atoms with Crippen LogP contribution in [0.2, 0.25) is 10.0 Å². The Hall–Kier alpha value is -0.250. The molecule has 0 aromatic heterocycles. The first-order valence-corrected chi connectivity index (χ1v) is 9.57. The maximum Gasteiger partial charge on any atom is 0.511 e. The number of sulfonamides is 1. The summed E-state index contributed by atoms with van der Waals surface area (Å²) in [5.74, 6) is -0.451. The van der Waals surface area contributed by atoms with Crippen molar-refractivity contribution in [2.45, 2.75) is 24.3 Å². The molecule has 0 saturated carbocycles. The molecule has 2 rings (SSSR count). The topological polar surface area (TPSA) is 58.2 Å². The second-order valence-corrected chi connectivity index (χ2v) is 8.26. The molecule has 1 aromatic carbocycles. The van der Waals surface area contributed by atoms with Crippen molar-refractivity contribution in [1.82, 2.24) is 10.0 Å². The number of rotatable bonds is 4. The Labute approximate surface area is 160 Å². The number of benzene rings is 1. The van der Waals surface area contributed by atoms with Gasteiger partial charge in [0.05, 0.1) is 10.0 Å². The number of hydrogen-bond acceptors (Lipinski definition) is 3. The molecule has 0 radical (unpaired) electrons. The molecule has 1 aliphatic rings. The van der Waals surface area contributed by atoms with Gasteiger partial charge in [0.25, 0.3) is 0 Å². The van der Waals surface area contributed by atoms with Crippen LogP contribution in [0.5, 0.6) is 0 Å². The summed E-state index contributed by atoms with van der Waals surface area (Å²) >= 11 is 11.9. The van der Waals surface area contributed by atoms with Gasteiger partial charge in [0.15, 0.2) is 0 Å². The van der Waals surface area contributed by atoms with Gasteiger partial charge in [-0.15, -0.1) is 12.4 Å². The first-order chi connectivity index (χ1) is 11.1. The van der Waals surface area contributed by atoms with Crippen LogP contribution >= 0.6 is 35.6 Å². The van der Waals surface area contributed by atoms with Gasteiger partial charge in [0, 0.05) is 6.54 Å².